The van der Waals surface area contributed by atoms with Gasteiger partial charge in [0, 0.05) is 5.70 Å². The largest absolute Gasteiger partial charge is 0.465 e. The van der Waals surface area contributed by atoms with Crippen molar-refractivity contribution >= 4 is 23.5 Å². The lowest BCUT2D eigenvalue weighted by Gasteiger charge is -2.32. The molecule has 0 aliphatic carbocycles. The highest BCUT2D eigenvalue weighted by Gasteiger charge is 2.38. The molecule has 1 aliphatic heterocycles. The third kappa shape index (κ3) is 1.83. The van der Waals surface area contributed by atoms with E-state index in [-0.39, 0.29) is 5.57 Å². The van der Waals surface area contributed by atoms with Gasteiger partial charge in [-0.3, -0.25) is 0 Å². The van der Waals surface area contributed by atoms with Crippen LogP contribution in [-0.4, -0.2) is 22.1 Å². The molecule has 2 rings (SSSR count). The summed E-state index contributed by atoms with van der Waals surface area (Å²) in [5.74, 6) is 0. The Kier molecular flexibility index (Phi) is 3.04. The summed E-state index contributed by atoms with van der Waals surface area (Å²) in [5.41, 5.74) is 1.24. The topological polar surface area (TPSA) is 93.4 Å². The van der Waals surface area contributed by atoms with Crippen LogP contribution in [0.1, 0.15) is 18.5 Å². The van der Waals surface area contributed by atoms with Gasteiger partial charge < -0.3 is 10.4 Å². The quantitative estimate of drug-likeness (QED) is 0.812. The van der Waals surface area contributed by atoms with Crippen LogP contribution in [0.5, 0.6) is 0 Å². The number of urea groups is 1. The average Bonchev–Trinajstić information content (AvgIpc) is 2.80. The second kappa shape index (κ2) is 4.50. The number of imide groups is 1. The van der Waals surface area contributed by atoms with E-state index in [0.29, 0.717) is 16.2 Å². The van der Waals surface area contributed by atoms with Crippen LogP contribution in [0.3, 0.4) is 0 Å². The van der Waals surface area contributed by atoms with Crippen LogP contribution in [0, 0.1) is 11.3 Å². The fraction of sp³-hybridized carbons (Fsp3) is 0.182. The molecule has 0 saturated carbocycles. The smallest absolute Gasteiger partial charge is 0.416 e. The van der Waals surface area contributed by atoms with E-state index in [1.807, 2.05) is 6.07 Å². The number of hydrogen-bond acceptors (Lipinski definition) is 4. The molecule has 7 heteroatoms. The summed E-state index contributed by atoms with van der Waals surface area (Å²) in [6.07, 6.45) is -1.39. The first-order valence-electron chi connectivity index (χ1n) is 5.02. The van der Waals surface area contributed by atoms with Gasteiger partial charge in [0.2, 0.25) is 0 Å². The fourth-order valence-corrected chi connectivity index (χ4v) is 2.51. The van der Waals surface area contributed by atoms with Crippen molar-refractivity contribution in [1.29, 1.82) is 5.26 Å². The summed E-state index contributed by atoms with van der Waals surface area (Å²) in [4.78, 5) is 23.5. The Balaban J connectivity index is 2.59. The van der Waals surface area contributed by atoms with Crippen molar-refractivity contribution in [2.75, 3.05) is 0 Å². The number of amides is 3. The van der Waals surface area contributed by atoms with Crippen LogP contribution in [0.15, 0.2) is 28.1 Å². The maximum Gasteiger partial charge on any atom is 0.416 e. The van der Waals surface area contributed by atoms with Crippen molar-refractivity contribution in [3.63, 3.8) is 0 Å². The second-order valence-electron chi connectivity index (χ2n) is 3.69. The predicted molar refractivity (Wildman–Crippen MR) is 63.8 cm³/mol. The highest BCUT2D eigenvalue weighted by molar-refractivity contribution is 7.08. The number of carbonyl (C=O) groups is 2. The van der Waals surface area contributed by atoms with Crippen molar-refractivity contribution in [3.05, 3.63) is 33.7 Å². The summed E-state index contributed by atoms with van der Waals surface area (Å²) in [7, 11) is 0. The van der Waals surface area contributed by atoms with Crippen LogP contribution in [0.25, 0.3) is 0 Å². The number of hydrogen-bond donors (Lipinski definition) is 2. The van der Waals surface area contributed by atoms with Gasteiger partial charge in [0.1, 0.15) is 6.04 Å². The summed E-state index contributed by atoms with van der Waals surface area (Å²) in [6, 6.07) is 2.06. The molecule has 0 bridgehead atoms. The fourth-order valence-electron chi connectivity index (χ4n) is 1.83. The zero-order valence-corrected chi connectivity index (χ0v) is 10.2. The number of carboxylic acid groups (broad SMARTS) is 1. The standard InChI is InChI=1S/C11H9N3O3S/c1-6-8(4-12)9(7-2-3-18-5-7)14(11(16)17)10(15)13-6/h2-3,5,9H,1H3,(H,13,15)(H,16,17). The van der Waals surface area contributed by atoms with Crippen molar-refractivity contribution < 1.29 is 14.7 Å². The lowest BCUT2D eigenvalue weighted by Crippen LogP contribution is -2.49. The van der Waals surface area contributed by atoms with E-state index in [1.165, 1.54) is 11.3 Å². The molecule has 1 atom stereocenters. The highest BCUT2D eigenvalue weighted by atomic mass is 32.1. The third-order valence-electron chi connectivity index (χ3n) is 2.63. The van der Waals surface area contributed by atoms with Crippen LogP contribution in [0.2, 0.25) is 0 Å². The van der Waals surface area contributed by atoms with Crippen LogP contribution >= 0.6 is 11.3 Å². The first-order chi connectivity index (χ1) is 8.56. The van der Waals surface area contributed by atoms with Gasteiger partial charge in [0.25, 0.3) is 0 Å². The lowest BCUT2D eigenvalue weighted by molar-refractivity contribution is 0.136. The summed E-state index contributed by atoms with van der Waals surface area (Å²) in [6.45, 7) is 1.58. The van der Waals surface area contributed by atoms with Gasteiger partial charge in [-0.1, -0.05) is 0 Å². The zero-order valence-electron chi connectivity index (χ0n) is 9.38. The number of nitrogens with one attached hydrogen (secondary N) is 1. The monoisotopic (exact) mass is 263 g/mol. The number of nitrogens with zero attached hydrogens (tertiary/aromatic N) is 2. The van der Waals surface area contributed by atoms with Crippen molar-refractivity contribution in [1.82, 2.24) is 10.2 Å². The molecule has 1 aliphatic rings. The van der Waals surface area contributed by atoms with Gasteiger partial charge in [-0.15, -0.1) is 0 Å². The van der Waals surface area contributed by atoms with Gasteiger partial charge in [-0.05, 0) is 29.3 Å². The summed E-state index contributed by atoms with van der Waals surface area (Å²) >= 11 is 1.38. The molecule has 1 aromatic rings. The number of carbonyl (C=O) groups excluding carboxylic acids is 1. The number of allylic oxidation sites excluding steroid dienone is 1. The molecule has 6 nitrogen and oxygen atoms in total. The lowest BCUT2D eigenvalue weighted by atomic mass is 9.97. The number of nitriles is 1. The summed E-state index contributed by atoms with van der Waals surface area (Å²) in [5, 5.41) is 24.1. The molecular formula is C11H9N3O3S. The Morgan fingerprint density at radius 3 is 2.89 bits per heavy atom. The summed E-state index contributed by atoms with van der Waals surface area (Å²) < 4.78 is 0. The predicted octanol–water partition coefficient (Wildman–Crippen LogP) is 2.29. The molecule has 0 spiro atoms. The number of rotatable bonds is 1. The maximum atomic E-state index is 11.7. The van der Waals surface area contributed by atoms with Crippen molar-refractivity contribution in [3.8, 4) is 6.07 Å². The zero-order chi connectivity index (χ0) is 13.3. The van der Waals surface area contributed by atoms with E-state index in [2.05, 4.69) is 5.32 Å². The average molecular weight is 263 g/mol. The van der Waals surface area contributed by atoms with Crippen LogP contribution in [-0.2, 0) is 0 Å². The van der Waals surface area contributed by atoms with E-state index in [1.54, 1.807) is 23.8 Å². The van der Waals surface area contributed by atoms with Gasteiger partial charge in [-0.25, -0.2) is 14.5 Å². The minimum Gasteiger partial charge on any atom is -0.465 e. The van der Waals surface area contributed by atoms with Gasteiger partial charge in [0.05, 0.1) is 11.6 Å². The Morgan fingerprint density at radius 2 is 2.39 bits per heavy atom. The van der Waals surface area contributed by atoms with Crippen LogP contribution < -0.4 is 5.32 Å². The molecular weight excluding hydrogens is 254 g/mol. The molecule has 0 radical (unpaired) electrons. The van der Waals surface area contributed by atoms with E-state index in [0.717, 1.165) is 0 Å². The first-order valence-corrected chi connectivity index (χ1v) is 5.96. The molecule has 0 saturated heterocycles. The Bertz CT molecular complexity index is 571. The second-order valence-corrected chi connectivity index (χ2v) is 4.47. The minimum atomic E-state index is -1.39. The molecule has 2 heterocycles. The highest BCUT2D eigenvalue weighted by Crippen LogP contribution is 2.34. The van der Waals surface area contributed by atoms with E-state index in [9.17, 15) is 9.59 Å². The van der Waals surface area contributed by atoms with E-state index >= 15 is 0 Å². The molecule has 0 fully saturated rings. The Hall–Kier alpha value is -2.33. The van der Waals surface area contributed by atoms with E-state index in [4.69, 9.17) is 10.4 Å². The third-order valence-corrected chi connectivity index (χ3v) is 3.34. The Labute approximate surface area is 107 Å². The molecule has 92 valence electrons. The van der Waals surface area contributed by atoms with Gasteiger partial charge >= 0.3 is 12.1 Å². The SMILES string of the molecule is CC1=C(C#N)C(c2ccsc2)N(C(=O)O)C(=O)N1. The Morgan fingerprint density at radius 1 is 1.67 bits per heavy atom. The normalized spacial score (nSPS) is 19.4. The van der Waals surface area contributed by atoms with Gasteiger partial charge in [-0.2, -0.15) is 16.6 Å². The molecule has 1 unspecified atom stereocenters. The molecule has 18 heavy (non-hydrogen) atoms. The first kappa shape index (κ1) is 12.1. The molecule has 0 aromatic carbocycles. The molecule has 3 amide bonds. The molecule has 1 aromatic heterocycles. The van der Waals surface area contributed by atoms with Crippen LogP contribution in [0.4, 0.5) is 9.59 Å². The van der Waals surface area contributed by atoms with Crippen molar-refractivity contribution in [2.45, 2.75) is 13.0 Å². The minimum absolute atomic E-state index is 0.232. The number of thiophene rings is 1. The maximum absolute atomic E-state index is 11.7. The van der Waals surface area contributed by atoms with Gasteiger partial charge in [0.15, 0.2) is 0 Å². The van der Waals surface area contributed by atoms with E-state index < -0.39 is 18.2 Å². The molecule has 2 N–H and O–H groups in total. The van der Waals surface area contributed by atoms with Crippen molar-refractivity contribution in [2.24, 2.45) is 0 Å².